The molecule has 0 saturated carbocycles. The molecule has 1 nitrogen and oxygen atoms in total. The van der Waals surface area contributed by atoms with Gasteiger partial charge in [-0.2, -0.15) is 0 Å². The molecule has 1 heteroatoms. The highest BCUT2D eigenvalue weighted by atomic mass is 14.8. The van der Waals surface area contributed by atoms with Crippen molar-refractivity contribution in [1.29, 1.82) is 0 Å². The molecular formula is C19H19N. The monoisotopic (exact) mass is 261 g/mol. The summed E-state index contributed by atoms with van der Waals surface area (Å²) in [5.74, 6) is 0. The molecule has 0 saturated heterocycles. The fourth-order valence-electron chi connectivity index (χ4n) is 2.81. The molecule has 0 aliphatic rings. The van der Waals surface area contributed by atoms with E-state index in [0.717, 1.165) is 6.54 Å². The number of aryl methyl sites for hydroxylation is 1. The molecule has 0 heterocycles. The molecule has 0 fully saturated rings. The molecule has 0 aromatic heterocycles. The van der Waals surface area contributed by atoms with Gasteiger partial charge < -0.3 is 5.32 Å². The van der Waals surface area contributed by atoms with Crippen molar-refractivity contribution in [2.75, 3.05) is 7.05 Å². The summed E-state index contributed by atoms with van der Waals surface area (Å²) in [6.07, 6.45) is 0. The normalized spacial score (nSPS) is 10.9. The Morgan fingerprint density at radius 3 is 2.25 bits per heavy atom. The lowest BCUT2D eigenvalue weighted by Gasteiger charge is -2.13. The van der Waals surface area contributed by atoms with Crippen molar-refractivity contribution in [3.63, 3.8) is 0 Å². The van der Waals surface area contributed by atoms with Crippen molar-refractivity contribution in [1.82, 2.24) is 5.32 Å². The average molecular weight is 261 g/mol. The lowest BCUT2D eigenvalue weighted by Crippen LogP contribution is -2.06. The molecular weight excluding hydrogens is 242 g/mol. The number of hydrogen-bond donors (Lipinski definition) is 1. The Morgan fingerprint density at radius 2 is 1.45 bits per heavy atom. The molecule has 0 aliphatic heterocycles. The van der Waals surface area contributed by atoms with Gasteiger partial charge in [0.15, 0.2) is 0 Å². The quantitative estimate of drug-likeness (QED) is 0.730. The van der Waals surface area contributed by atoms with Gasteiger partial charge in [0.05, 0.1) is 0 Å². The molecule has 0 atom stereocenters. The van der Waals surface area contributed by atoms with Crippen molar-refractivity contribution in [3.8, 4) is 11.1 Å². The van der Waals surface area contributed by atoms with Crippen LogP contribution in [0.2, 0.25) is 0 Å². The molecule has 100 valence electrons. The van der Waals surface area contributed by atoms with Gasteiger partial charge in [-0.05, 0) is 47.0 Å². The van der Waals surface area contributed by atoms with E-state index in [1.54, 1.807) is 0 Å². The first kappa shape index (κ1) is 12.9. The van der Waals surface area contributed by atoms with E-state index in [9.17, 15) is 0 Å². The van der Waals surface area contributed by atoms with Gasteiger partial charge in [-0.25, -0.2) is 0 Å². The standard InChI is InChI=1S/C19H19N/c1-14-11-12-19(18-10-6-5-8-16(14)18)17-9-4-3-7-15(17)13-20-2/h3-12,20H,13H2,1-2H3. The third-order valence-corrected chi connectivity index (χ3v) is 3.82. The maximum atomic E-state index is 3.25. The van der Waals surface area contributed by atoms with Crippen molar-refractivity contribution >= 4 is 10.8 Å². The minimum absolute atomic E-state index is 0.887. The molecule has 1 N–H and O–H groups in total. The van der Waals surface area contributed by atoms with E-state index < -0.39 is 0 Å². The van der Waals surface area contributed by atoms with Crippen LogP contribution in [0.5, 0.6) is 0 Å². The Hall–Kier alpha value is -2.12. The minimum Gasteiger partial charge on any atom is -0.316 e. The molecule has 0 spiro atoms. The third kappa shape index (κ3) is 2.21. The van der Waals surface area contributed by atoms with E-state index in [1.165, 1.54) is 33.0 Å². The first-order valence-electron chi connectivity index (χ1n) is 7.02. The summed E-state index contributed by atoms with van der Waals surface area (Å²) in [4.78, 5) is 0. The zero-order valence-electron chi connectivity index (χ0n) is 12.0. The summed E-state index contributed by atoms with van der Waals surface area (Å²) in [6, 6.07) is 21.7. The SMILES string of the molecule is CNCc1ccccc1-c1ccc(C)c2ccccc12. The summed E-state index contributed by atoms with van der Waals surface area (Å²) in [5, 5.41) is 5.92. The first-order valence-corrected chi connectivity index (χ1v) is 7.02. The maximum Gasteiger partial charge on any atom is 0.0208 e. The van der Waals surface area contributed by atoms with Crippen LogP contribution >= 0.6 is 0 Å². The van der Waals surface area contributed by atoms with E-state index in [4.69, 9.17) is 0 Å². The second kappa shape index (κ2) is 5.48. The van der Waals surface area contributed by atoms with Crippen LogP contribution in [0.15, 0.2) is 60.7 Å². The summed E-state index contributed by atoms with van der Waals surface area (Å²) < 4.78 is 0. The van der Waals surface area contributed by atoms with Crippen molar-refractivity contribution < 1.29 is 0 Å². The van der Waals surface area contributed by atoms with E-state index >= 15 is 0 Å². The molecule has 3 aromatic carbocycles. The van der Waals surface area contributed by atoms with Crippen LogP contribution in [0.25, 0.3) is 21.9 Å². The van der Waals surface area contributed by atoms with Gasteiger partial charge in [0.25, 0.3) is 0 Å². The van der Waals surface area contributed by atoms with Crippen LogP contribution in [0.4, 0.5) is 0 Å². The Bertz CT molecular complexity index is 744. The van der Waals surface area contributed by atoms with Gasteiger partial charge in [0, 0.05) is 6.54 Å². The summed E-state index contributed by atoms with van der Waals surface area (Å²) in [5.41, 5.74) is 5.30. The highest BCUT2D eigenvalue weighted by Gasteiger charge is 2.08. The Kier molecular flexibility index (Phi) is 3.53. The lowest BCUT2D eigenvalue weighted by atomic mass is 9.93. The molecule has 3 aromatic rings. The maximum absolute atomic E-state index is 3.25. The molecule has 0 unspecified atom stereocenters. The van der Waals surface area contributed by atoms with Gasteiger partial charge in [0.2, 0.25) is 0 Å². The Labute approximate surface area is 120 Å². The summed E-state index contributed by atoms with van der Waals surface area (Å²) in [6.45, 7) is 3.06. The number of rotatable bonds is 3. The molecule has 20 heavy (non-hydrogen) atoms. The van der Waals surface area contributed by atoms with E-state index in [-0.39, 0.29) is 0 Å². The van der Waals surface area contributed by atoms with Gasteiger partial charge in [-0.3, -0.25) is 0 Å². The second-order valence-corrected chi connectivity index (χ2v) is 5.16. The lowest BCUT2D eigenvalue weighted by molar-refractivity contribution is 0.819. The number of nitrogens with one attached hydrogen (secondary N) is 1. The van der Waals surface area contributed by atoms with Crippen LogP contribution in [-0.2, 0) is 6.54 Å². The molecule has 0 aliphatic carbocycles. The van der Waals surface area contributed by atoms with Crippen LogP contribution in [0, 0.1) is 6.92 Å². The number of hydrogen-bond acceptors (Lipinski definition) is 1. The second-order valence-electron chi connectivity index (χ2n) is 5.16. The molecule has 3 rings (SSSR count). The topological polar surface area (TPSA) is 12.0 Å². The van der Waals surface area contributed by atoms with E-state index in [2.05, 4.69) is 72.9 Å². The third-order valence-electron chi connectivity index (χ3n) is 3.82. The minimum atomic E-state index is 0.887. The molecule has 0 radical (unpaired) electrons. The van der Waals surface area contributed by atoms with Gasteiger partial charge in [-0.15, -0.1) is 0 Å². The van der Waals surface area contributed by atoms with Crippen molar-refractivity contribution in [3.05, 3.63) is 71.8 Å². The van der Waals surface area contributed by atoms with E-state index in [0.29, 0.717) is 0 Å². The van der Waals surface area contributed by atoms with E-state index in [1.807, 2.05) is 7.05 Å². The zero-order chi connectivity index (χ0) is 13.9. The molecule has 0 amide bonds. The summed E-state index contributed by atoms with van der Waals surface area (Å²) in [7, 11) is 1.99. The van der Waals surface area contributed by atoms with Crippen LogP contribution < -0.4 is 5.32 Å². The fraction of sp³-hybridized carbons (Fsp3) is 0.158. The van der Waals surface area contributed by atoms with Gasteiger partial charge >= 0.3 is 0 Å². The van der Waals surface area contributed by atoms with Crippen LogP contribution in [0.1, 0.15) is 11.1 Å². The highest BCUT2D eigenvalue weighted by Crippen LogP contribution is 2.32. The smallest absolute Gasteiger partial charge is 0.0208 e. The van der Waals surface area contributed by atoms with Gasteiger partial charge in [-0.1, -0.05) is 60.7 Å². The molecule has 0 bridgehead atoms. The average Bonchev–Trinajstić information content (AvgIpc) is 2.49. The van der Waals surface area contributed by atoms with Crippen molar-refractivity contribution in [2.24, 2.45) is 0 Å². The summed E-state index contributed by atoms with van der Waals surface area (Å²) >= 11 is 0. The number of fused-ring (bicyclic) bond motifs is 1. The van der Waals surface area contributed by atoms with Crippen molar-refractivity contribution in [2.45, 2.75) is 13.5 Å². The van der Waals surface area contributed by atoms with Crippen LogP contribution in [-0.4, -0.2) is 7.05 Å². The van der Waals surface area contributed by atoms with Gasteiger partial charge in [0.1, 0.15) is 0 Å². The predicted molar refractivity (Wildman–Crippen MR) is 86.9 cm³/mol. The number of benzene rings is 3. The Balaban J connectivity index is 2.28. The predicted octanol–water partition coefficient (Wildman–Crippen LogP) is 4.53. The zero-order valence-corrected chi connectivity index (χ0v) is 12.0. The Morgan fingerprint density at radius 1 is 0.750 bits per heavy atom. The first-order chi connectivity index (χ1) is 9.81. The largest absolute Gasteiger partial charge is 0.316 e. The highest BCUT2D eigenvalue weighted by molar-refractivity contribution is 5.99. The fourth-order valence-corrected chi connectivity index (χ4v) is 2.81. The van der Waals surface area contributed by atoms with Crippen LogP contribution in [0.3, 0.4) is 0 Å².